The Morgan fingerprint density at radius 1 is 1.28 bits per heavy atom. The first-order valence-electron chi connectivity index (χ1n) is 6.22. The van der Waals surface area contributed by atoms with E-state index in [0.29, 0.717) is 18.2 Å². The average Bonchev–Trinajstić information content (AvgIpc) is 2.37. The van der Waals surface area contributed by atoms with Crippen molar-refractivity contribution in [2.75, 3.05) is 23.0 Å². The summed E-state index contributed by atoms with van der Waals surface area (Å²) in [6.45, 7) is 0.682. The second-order valence-corrected chi connectivity index (χ2v) is 4.63. The number of nitrogens with zero attached hydrogens (tertiary/aromatic N) is 2. The van der Waals surface area contributed by atoms with Crippen molar-refractivity contribution in [2.45, 2.75) is 31.8 Å². The number of hydrogen-bond acceptors (Lipinski definition) is 7. The predicted molar refractivity (Wildman–Crippen MR) is 70.7 cm³/mol. The number of rotatable bonds is 4. The van der Waals surface area contributed by atoms with Crippen LogP contribution in [0.25, 0.3) is 0 Å². The van der Waals surface area contributed by atoms with Gasteiger partial charge in [-0.3, -0.25) is 0 Å². The minimum atomic E-state index is -0.225. The van der Waals surface area contributed by atoms with Crippen molar-refractivity contribution in [1.82, 2.24) is 9.97 Å². The molecule has 1 aromatic rings. The molecule has 0 spiro atoms. The van der Waals surface area contributed by atoms with Crippen LogP contribution in [0.1, 0.15) is 25.7 Å². The van der Waals surface area contributed by atoms with Crippen molar-refractivity contribution in [2.24, 2.45) is 11.8 Å². The molecule has 0 aliphatic heterocycles. The summed E-state index contributed by atoms with van der Waals surface area (Å²) in [6.07, 6.45) is 3.98. The molecule has 1 fully saturated rings. The van der Waals surface area contributed by atoms with Crippen molar-refractivity contribution in [3.63, 3.8) is 0 Å². The van der Waals surface area contributed by atoms with E-state index in [1.165, 1.54) is 6.42 Å². The van der Waals surface area contributed by atoms with Gasteiger partial charge in [0.15, 0.2) is 0 Å². The van der Waals surface area contributed by atoms with Crippen LogP contribution in [0.15, 0.2) is 6.07 Å². The molecule has 2 unspecified atom stereocenters. The summed E-state index contributed by atoms with van der Waals surface area (Å²) in [4.78, 5) is 7.97. The van der Waals surface area contributed by atoms with Crippen LogP contribution >= 0.6 is 0 Å². The number of anilines is 3. The Kier molecular flexibility index (Phi) is 4.16. The fraction of sp³-hybridized carbons (Fsp3) is 0.636. The van der Waals surface area contributed by atoms with Crippen LogP contribution in [0.4, 0.5) is 17.6 Å². The van der Waals surface area contributed by atoms with Gasteiger partial charge in [0.25, 0.3) is 0 Å². The standard InChI is InChI=1S/C11H20N6O/c12-11-15-9(5-10(16-11)17-13)14-6-7-3-1-2-4-8(7)18/h5,7-8,18H,1-4,6,13H2,(H4,12,14,15,16,17). The molecule has 7 heteroatoms. The molecule has 18 heavy (non-hydrogen) atoms. The van der Waals surface area contributed by atoms with Crippen molar-refractivity contribution < 1.29 is 5.11 Å². The van der Waals surface area contributed by atoms with Gasteiger partial charge in [-0.15, -0.1) is 0 Å². The lowest BCUT2D eigenvalue weighted by Gasteiger charge is -2.27. The van der Waals surface area contributed by atoms with Gasteiger partial charge in [0.05, 0.1) is 6.10 Å². The normalized spacial score (nSPS) is 23.7. The maximum atomic E-state index is 9.87. The van der Waals surface area contributed by atoms with Gasteiger partial charge in [-0.25, -0.2) is 5.84 Å². The Balaban J connectivity index is 1.94. The third kappa shape index (κ3) is 3.21. The second-order valence-electron chi connectivity index (χ2n) is 4.63. The highest BCUT2D eigenvalue weighted by atomic mass is 16.3. The van der Waals surface area contributed by atoms with Crippen LogP contribution in [-0.4, -0.2) is 27.7 Å². The minimum absolute atomic E-state index is 0.164. The monoisotopic (exact) mass is 252 g/mol. The number of hydrogen-bond donors (Lipinski definition) is 5. The van der Waals surface area contributed by atoms with Crippen molar-refractivity contribution >= 4 is 17.6 Å². The highest BCUT2D eigenvalue weighted by Crippen LogP contribution is 2.24. The fourth-order valence-corrected chi connectivity index (χ4v) is 2.29. The zero-order valence-corrected chi connectivity index (χ0v) is 10.3. The van der Waals surface area contributed by atoms with Gasteiger partial charge in [-0.05, 0) is 12.8 Å². The third-order valence-corrected chi connectivity index (χ3v) is 3.31. The molecule has 7 nitrogen and oxygen atoms in total. The Hall–Kier alpha value is -1.60. The van der Waals surface area contributed by atoms with Crippen LogP contribution < -0.4 is 22.3 Å². The van der Waals surface area contributed by atoms with Gasteiger partial charge in [-0.2, -0.15) is 9.97 Å². The summed E-state index contributed by atoms with van der Waals surface area (Å²) in [5, 5.41) is 13.0. The third-order valence-electron chi connectivity index (χ3n) is 3.31. The lowest BCUT2D eigenvalue weighted by atomic mass is 9.86. The van der Waals surface area contributed by atoms with E-state index >= 15 is 0 Å². The molecule has 2 rings (SSSR count). The molecule has 100 valence electrons. The molecule has 1 saturated carbocycles. The average molecular weight is 252 g/mol. The Morgan fingerprint density at radius 3 is 2.72 bits per heavy atom. The van der Waals surface area contributed by atoms with E-state index in [-0.39, 0.29) is 18.0 Å². The van der Waals surface area contributed by atoms with E-state index in [1.807, 2.05) is 0 Å². The van der Waals surface area contributed by atoms with Gasteiger partial charge in [0.1, 0.15) is 11.6 Å². The predicted octanol–water partition coefficient (Wildman–Crippen LogP) is 0.307. The van der Waals surface area contributed by atoms with Crippen LogP contribution in [0.3, 0.4) is 0 Å². The number of aromatic nitrogens is 2. The van der Waals surface area contributed by atoms with Gasteiger partial charge in [-0.1, -0.05) is 12.8 Å². The number of nitrogens with two attached hydrogens (primary N) is 2. The highest BCUT2D eigenvalue weighted by Gasteiger charge is 2.22. The quantitative estimate of drug-likeness (QED) is 0.386. The minimum Gasteiger partial charge on any atom is -0.393 e. The topological polar surface area (TPSA) is 122 Å². The second kappa shape index (κ2) is 5.83. The van der Waals surface area contributed by atoms with Crippen LogP contribution in [0.5, 0.6) is 0 Å². The zero-order chi connectivity index (χ0) is 13.0. The largest absolute Gasteiger partial charge is 0.393 e. The summed E-state index contributed by atoms with van der Waals surface area (Å²) in [7, 11) is 0. The Morgan fingerprint density at radius 2 is 2.00 bits per heavy atom. The molecule has 1 aliphatic carbocycles. The molecular weight excluding hydrogens is 232 g/mol. The molecule has 0 bridgehead atoms. The van der Waals surface area contributed by atoms with E-state index in [1.54, 1.807) is 6.07 Å². The molecule has 1 heterocycles. The van der Waals surface area contributed by atoms with Gasteiger partial charge >= 0.3 is 0 Å². The van der Waals surface area contributed by atoms with E-state index in [9.17, 15) is 5.11 Å². The van der Waals surface area contributed by atoms with Gasteiger partial charge in [0, 0.05) is 18.5 Å². The maximum Gasteiger partial charge on any atom is 0.223 e. The number of nitrogens with one attached hydrogen (secondary N) is 2. The number of nitrogen functional groups attached to an aromatic ring is 2. The van der Waals surface area contributed by atoms with Crippen molar-refractivity contribution in [3.05, 3.63) is 6.07 Å². The molecule has 2 atom stereocenters. The Labute approximate surface area is 106 Å². The summed E-state index contributed by atoms with van der Waals surface area (Å²) in [6, 6.07) is 1.69. The molecule has 1 aromatic heterocycles. The summed E-state index contributed by atoms with van der Waals surface area (Å²) in [5.41, 5.74) is 8.00. The van der Waals surface area contributed by atoms with E-state index < -0.39 is 0 Å². The van der Waals surface area contributed by atoms with Crippen LogP contribution in [0, 0.1) is 5.92 Å². The molecule has 0 radical (unpaired) electrons. The molecular formula is C11H20N6O. The summed E-state index contributed by atoms with van der Waals surface area (Å²) >= 11 is 0. The number of aliphatic hydroxyl groups excluding tert-OH is 1. The number of hydrazine groups is 1. The van der Waals surface area contributed by atoms with E-state index in [0.717, 1.165) is 19.3 Å². The summed E-state index contributed by atoms with van der Waals surface area (Å²) < 4.78 is 0. The molecule has 1 aliphatic rings. The lowest BCUT2D eigenvalue weighted by Crippen LogP contribution is -2.30. The van der Waals surface area contributed by atoms with Gasteiger partial charge in [0.2, 0.25) is 5.95 Å². The molecule has 0 amide bonds. The summed E-state index contributed by atoms with van der Waals surface area (Å²) in [5.74, 6) is 6.80. The molecule has 0 saturated heterocycles. The molecule has 0 aromatic carbocycles. The molecule has 7 N–H and O–H groups in total. The Bertz CT molecular complexity index is 399. The van der Waals surface area contributed by atoms with Crippen molar-refractivity contribution in [3.8, 4) is 0 Å². The maximum absolute atomic E-state index is 9.87. The highest BCUT2D eigenvalue weighted by molar-refractivity contribution is 5.50. The van der Waals surface area contributed by atoms with Crippen LogP contribution in [0.2, 0.25) is 0 Å². The first-order chi connectivity index (χ1) is 8.69. The van der Waals surface area contributed by atoms with E-state index in [2.05, 4.69) is 20.7 Å². The smallest absolute Gasteiger partial charge is 0.223 e. The fourth-order valence-electron chi connectivity index (χ4n) is 2.29. The first kappa shape index (κ1) is 12.8. The number of aliphatic hydroxyl groups is 1. The lowest BCUT2D eigenvalue weighted by molar-refractivity contribution is 0.0763. The zero-order valence-electron chi connectivity index (χ0n) is 10.3. The first-order valence-corrected chi connectivity index (χ1v) is 6.22. The SMILES string of the molecule is NNc1cc(NCC2CCCCC2O)nc(N)n1. The van der Waals surface area contributed by atoms with Gasteiger partial charge < -0.3 is 21.6 Å². The van der Waals surface area contributed by atoms with Crippen molar-refractivity contribution in [1.29, 1.82) is 0 Å². The van der Waals surface area contributed by atoms with Crippen LogP contribution in [-0.2, 0) is 0 Å². The van der Waals surface area contributed by atoms with E-state index in [4.69, 9.17) is 11.6 Å².